The maximum atomic E-state index is 12.5. The second-order valence-electron chi connectivity index (χ2n) is 5.42. The average Bonchev–Trinajstić information content (AvgIpc) is 2.53. The molecule has 1 aromatic heterocycles. The number of nitrogens with one attached hydrogen (secondary N) is 2. The molecule has 0 saturated carbocycles. The summed E-state index contributed by atoms with van der Waals surface area (Å²) in [6.45, 7) is 2.39. The lowest BCUT2D eigenvalue weighted by Gasteiger charge is -2.23. The Hall–Kier alpha value is -1.50. The predicted molar refractivity (Wildman–Crippen MR) is 82.5 cm³/mol. The first-order chi connectivity index (χ1) is 10.2. The minimum Gasteiger partial charge on any atom is -0.316 e. The summed E-state index contributed by atoms with van der Waals surface area (Å²) >= 11 is 0. The van der Waals surface area contributed by atoms with Crippen molar-refractivity contribution in [3.8, 4) is 0 Å². The van der Waals surface area contributed by atoms with Gasteiger partial charge in [0.25, 0.3) is 0 Å². The van der Waals surface area contributed by atoms with Gasteiger partial charge in [-0.05, 0) is 44.0 Å². The van der Waals surface area contributed by atoms with Crippen molar-refractivity contribution < 1.29 is 8.42 Å². The first kappa shape index (κ1) is 14.4. The number of nitrogens with zero attached hydrogens (tertiary/aromatic N) is 1. The maximum absolute atomic E-state index is 12.5. The Balaban J connectivity index is 1.83. The molecule has 3 rings (SSSR count). The van der Waals surface area contributed by atoms with Crippen LogP contribution >= 0.6 is 0 Å². The van der Waals surface area contributed by atoms with Crippen molar-refractivity contribution in [2.24, 2.45) is 5.92 Å². The van der Waals surface area contributed by atoms with Crippen LogP contribution in [-0.2, 0) is 10.0 Å². The standard InChI is InChI=1S/C15H19N3O2S/c19-21(20,18-10-12-3-2-7-16-9-12)15-5-1-4-13-11-17-8-6-14(13)15/h1,4-6,8,11-12,16,18H,2-3,7,9-10H2. The minimum atomic E-state index is -3.49. The van der Waals surface area contributed by atoms with Crippen LogP contribution in [0.2, 0.25) is 0 Å². The van der Waals surface area contributed by atoms with E-state index in [1.807, 2.05) is 6.07 Å². The Kier molecular flexibility index (Phi) is 4.19. The largest absolute Gasteiger partial charge is 0.316 e. The number of sulfonamides is 1. The number of aromatic nitrogens is 1. The lowest BCUT2D eigenvalue weighted by molar-refractivity contribution is 0.376. The summed E-state index contributed by atoms with van der Waals surface area (Å²) in [4.78, 5) is 4.36. The molecule has 112 valence electrons. The van der Waals surface area contributed by atoms with Crippen molar-refractivity contribution in [3.05, 3.63) is 36.7 Å². The van der Waals surface area contributed by atoms with Gasteiger partial charge >= 0.3 is 0 Å². The molecule has 21 heavy (non-hydrogen) atoms. The number of fused-ring (bicyclic) bond motifs is 1. The van der Waals surface area contributed by atoms with Crippen LogP contribution in [0.3, 0.4) is 0 Å². The zero-order valence-corrected chi connectivity index (χ0v) is 12.6. The van der Waals surface area contributed by atoms with Crippen molar-refractivity contribution in [3.63, 3.8) is 0 Å². The van der Waals surface area contributed by atoms with Crippen LogP contribution in [0.25, 0.3) is 10.8 Å². The van der Waals surface area contributed by atoms with Gasteiger partial charge in [0.1, 0.15) is 0 Å². The van der Waals surface area contributed by atoms with E-state index in [1.165, 1.54) is 0 Å². The third-order valence-electron chi connectivity index (χ3n) is 3.89. The molecule has 0 spiro atoms. The topological polar surface area (TPSA) is 71.1 Å². The zero-order valence-electron chi connectivity index (χ0n) is 11.7. The zero-order chi connectivity index (χ0) is 14.7. The van der Waals surface area contributed by atoms with Crippen molar-refractivity contribution in [1.82, 2.24) is 15.0 Å². The summed E-state index contributed by atoms with van der Waals surface area (Å²) in [6, 6.07) is 7.00. The van der Waals surface area contributed by atoms with E-state index >= 15 is 0 Å². The average molecular weight is 305 g/mol. The molecule has 1 aliphatic rings. The fourth-order valence-corrected chi connectivity index (χ4v) is 4.07. The van der Waals surface area contributed by atoms with Gasteiger partial charge in [0, 0.05) is 29.7 Å². The van der Waals surface area contributed by atoms with Crippen LogP contribution < -0.4 is 10.0 Å². The highest BCUT2D eigenvalue weighted by atomic mass is 32.2. The highest BCUT2D eigenvalue weighted by molar-refractivity contribution is 7.89. The third kappa shape index (κ3) is 3.23. The molecule has 0 amide bonds. The van der Waals surface area contributed by atoms with Gasteiger partial charge in [-0.1, -0.05) is 12.1 Å². The van der Waals surface area contributed by atoms with Gasteiger partial charge in [0.05, 0.1) is 4.90 Å². The van der Waals surface area contributed by atoms with E-state index in [0.29, 0.717) is 22.7 Å². The third-order valence-corrected chi connectivity index (χ3v) is 5.37. The number of pyridine rings is 1. The summed E-state index contributed by atoms with van der Waals surface area (Å²) in [5.74, 6) is 0.366. The van der Waals surface area contributed by atoms with Gasteiger partial charge in [0.2, 0.25) is 10.0 Å². The quantitative estimate of drug-likeness (QED) is 0.898. The Morgan fingerprint density at radius 3 is 3.05 bits per heavy atom. The highest BCUT2D eigenvalue weighted by Gasteiger charge is 2.20. The predicted octanol–water partition coefficient (Wildman–Crippen LogP) is 1.51. The van der Waals surface area contributed by atoms with Gasteiger partial charge < -0.3 is 5.32 Å². The number of piperidine rings is 1. The number of hydrogen-bond acceptors (Lipinski definition) is 4. The number of benzene rings is 1. The van der Waals surface area contributed by atoms with Gasteiger partial charge in [-0.3, -0.25) is 4.98 Å². The molecule has 5 nitrogen and oxygen atoms in total. The second kappa shape index (κ2) is 6.09. The lowest BCUT2D eigenvalue weighted by Crippen LogP contribution is -2.38. The summed E-state index contributed by atoms with van der Waals surface area (Å²) in [5.41, 5.74) is 0. The first-order valence-electron chi connectivity index (χ1n) is 7.20. The van der Waals surface area contributed by atoms with Crippen LogP contribution in [0.5, 0.6) is 0 Å². The molecule has 1 aliphatic heterocycles. The van der Waals surface area contributed by atoms with E-state index in [-0.39, 0.29) is 0 Å². The van der Waals surface area contributed by atoms with E-state index in [0.717, 1.165) is 31.3 Å². The Labute approximate surface area is 124 Å². The number of rotatable bonds is 4. The van der Waals surface area contributed by atoms with E-state index in [2.05, 4.69) is 15.0 Å². The first-order valence-corrected chi connectivity index (χ1v) is 8.68. The van der Waals surface area contributed by atoms with Crippen molar-refractivity contribution in [2.45, 2.75) is 17.7 Å². The van der Waals surface area contributed by atoms with E-state index in [4.69, 9.17) is 0 Å². The lowest BCUT2D eigenvalue weighted by atomic mass is 10.0. The van der Waals surface area contributed by atoms with E-state index in [9.17, 15) is 8.42 Å². The molecule has 1 aromatic carbocycles. The summed E-state index contributed by atoms with van der Waals surface area (Å²) < 4.78 is 27.8. The molecule has 0 bridgehead atoms. The molecule has 2 heterocycles. The summed E-state index contributed by atoms with van der Waals surface area (Å²) in [5, 5.41) is 4.84. The second-order valence-corrected chi connectivity index (χ2v) is 7.15. The molecule has 1 fully saturated rings. The minimum absolute atomic E-state index is 0.325. The van der Waals surface area contributed by atoms with Crippen molar-refractivity contribution in [1.29, 1.82) is 0 Å². The monoisotopic (exact) mass is 305 g/mol. The maximum Gasteiger partial charge on any atom is 0.241 e. The molecule has 2 N–H and O–H groups in total. The summed E-state index contributed by atoms with van der Waals surface area (Å²) in [7, 11) is -3.49. The molecule has 1 unspecified atom stereocenters. The Bertz CT molecular complexity index is 719. The summed E-state index contributed by atoms with van der Waals surface area (Å²) in [6.07, 6.45) is 5.47. The molecular formula is C15H19N3O2S. The molecule has 0 aliphatic carbocycles. The van der Waals surface area contributed by atoms with Gasteiger partial charge in [0.15, 0.2) is 0 Å². The van der Waals surface area contributed by atoms with Gasteiger partial charge in [-0.25, -0.2) is 13.1 Å². The Morgan fingerprint density at radius 1 is 1.33 bits per heavy atom. The Morgan fingerprint density at radius 2 is 2.24 bits per heavy atom. The van der Waals surface area contributed by atoms with Crippen LogP contribution in [0, 0.1) is 5.92 Å². The van der Waals surface area contributed by atoms with Crippen LogP contribution in [0.4, 0.5) is 0 Å². The smallest absolute Gasteiger partial charge is 0.241 e. The highest BCUT2D eigenvalue weighted by Crippen LogP contribution is 2.22. The van der Waals surface area contributed by atoms with Gasteiger partial charge in [-0.15, -0.1) is 0 Å². The fourth-order valence-electron chi connectivity index (χ4n) is 2.73. The van der Waals surface area contributed by atoms with E-state index in [1.54, 1.807) is 30.6 Å². The van der Waals surface area contributed by atoms with E-state index < -0.39 is 10.0 Å². The van der Waals surface area contributed by atoms with Crippen LogP contribution in [0.15, 0.2) is 41.6 Å². The molecule has 1 atom stereocenters. The normalized spacial score (nSPS) is 19.7. The van der Waals surface area contributed by atoms with Crippen molar-refractivity contribution >= 4 is 20.8 Å². The van der Waals surface area contributed by atoms with Gasteiger partial charge in [-0.2, -0.15) is 0 Å². The van der Waals surface area contributed by atoms with Crippen molar-refractivity contribution in [2.75, 3.05) is 19.6 Å². The van der Waals surface area contributed by atoms with Crippen LogP contribution in [0.1, 0.15) is 12.8 Å². The fraction of sp³-hybridized carbons (Fsp3) is 0.400. The van der Waals surface area contributed by atoms with Crippen LogP contribution in [-0.4, -0.2) is 33.0 Å². The SMILES string of the molecule is O=S(=O)(NCC1CCCNC1)c1cccc2cnccc12. The molecule has 0 radical (unpaired) electrons. The molecular weight excluding hydrogens is 286 g/mol. The molecule has 6 heteroatoms. The molecule has 2 aromatic rings. The number of hydrogen-bond donors (Lipinski definition) is 2. The molecule has 1 saturated heterocycles.